The predicted molar refractivity (Wildman–Crippen MR) is 154 cm³/mol. The normalized spacial score (nSPS) is 19.3. The van der Waals surface area contributed by atoms with Crippen LogP contribution in [0.15, 0.2) is 59.6 Å². The van der Waals surface area contributed by atoms with E-state index in [-0.39, 0.29) is 25.2 Å². The summed E-state index contributed by atoms with van der Waals surface area (Å²) >= 11 is 1.26. The summed E-state index contributed by atoms with van der Waals surface area (Å²) in [6.45, 7) is 2.44. The Hall–Kier alpha value is -3.19. The minimum absolute atomic E-state index is 0. The van der Waals surface area contributed by atoms with Gasteiger partial charge in [-0.15, -0.1) is 11.3 Å². The van der Waals surface area contributed by atoms with Crippen molar-refractivity contribution in [3.63, 3.8) is 0 Å². The fourth-order valence-electron chi connectivity index (χ4n) is 4.50. The highest BCUT2D eigenvalue weighted by Gasteiger charge is 2.43. The molecule has 2 aromatic carbocycles. The minimum Gasteiger partial charge on any atom is -0.388 e. The molecule has 1 saturated heterocycles. The van der Waals surface area contributed by atoms with Crippen molar-refractivity contribution in [2.24, 2.45) is 10.7 Å². The van der Waals surface area contributed by atoms with Gasteiger partial charge in [0.2, 0.25) is 21.7 Å². The van der Waals surface area contributed by atoms with E-state index in [0.29, 0.717) is 37.3 Å². The number of ketones is 1. The number of thiazole rings is 1. The Bertz CT molecular complexity index is 1410. The van der Waals surface area contributed by atoms with E-state index in [9.17, 15) is 18.0 Å². The Morgan fingerprint density at radius 3 is 2.64 bits per heavy atom. The molecule has 210 valence electrons. The van der Waals surface area contributed by atoms with Crippen LogP contribution in [-0.2, 0) is 26.2 Å². The van der Waals surface area contributed by atoms with E-state index < -0.39 is 34.1 Å². The lowest BCUT2D eigenvalue weighted by molar-refractivity contribution is -0.124. The van der Waals surface area contributed by atoms with Gasteiger partial charge in [-0.05, 0) is 37.5 Å². The van der Waals surface area contributed by atoms with E-state index in [4.69, 9.17) is 10.5 Å². The average Bonchev–Trinajstić information content (AvgIpc) is 3.54. The maximum absolute atomic E-state index is 13.5. The highest BCUT2D eigenvalue weighted by atomic mass is 32.2. The van der Waals surface area contributed by atoms with Crippen LogP contribution in [0.4, 0.5) is 0 Å². The molecule has 12 heteroatoms. The van der Waals surface area contributed by atoms with Crippen molar-refractivity contribution in [3.05, 3.63) is 65.2 Å². The molecule has 0 spiro atoms. The molecule has 10 nitrogen and oxygen atoms in total. The first-order valence-electron chi connectivity index (χ1n) is 12.7. The lowest BCUT2D eigenvalue weighted by Crippen LogP contribution is -2.50. The molecule has 1 amide bonds. The van der Waals surface area contributed by atoms with Crippen LogP contribution in [0.2, 0.25) is 0 Å². The van der Waals surface area contributed by atoms with Crippen LogP contribution in [-0.4, -0.2) is 72.8 Å². The van der Waals surface area contributed by atoms with Crippen LogP contribution >= 0.6 is 11.3 Å². The lowest BCUT2D eigenvalue weighted by atomic mass is 10.1. The SMILES string of the molecule is CC(N)=NCCCC(NC(=O)[C@@H]1C[C@@H](OCc2ccccc2)CN1S(C)(=O)=O)C(=O)c1nc2ccccc2s1.[HH]. The topological polar surface area (TPSA) is 144 Å². The third-order valence-electron chi connectivity index (χ3n) is 6.42. The summed E-state index contributed by atoms with van der Waals surface area (Å²) < 4.78 is 33.1. The number of carbonyl (C=O) groups is 2. The van der Waals surface area contributed by atoms with Gasteiger partial charge in [0.25, 0.3) is 0 Å². The van der Waals surface area contributed by atoms with Gasteiger partial charge in [0.15, 0.2) is 5.01 Å². The van der Waals surface area contributed by atoms with Gasteiger partial charge >= 0.3 is 0 Å². The number of Topliss-reactive ketones (excluding diaryl/α,β-unsaturated/α-hetero) is 1. The highest BCUT2D eigenvalue weighted by molar-refractivity contribution is 7.88. The van der Waals surface area contributed by atoms with E-state index in [2.05, 4.69) is 15.3 Å². The second-order valence-corrected chi connectivity index (χ2v) is 12.5. The molecule has 1 aliphatic rings. The summed E-state index contributed by atoms with van der Waals surface area (Å²) in [6.07, 6.45) is 1.60. The zero-order valence-electron chi connectivity index (χ0n) is 21.9. The Kier molecular flexibility index (Phi) is 9.44. The van der Waals surface area contributed by atoms with Gasteiger partial charge in [0.1, 0.15) is 6.04 Å². The van der Waals surface area contributed by atoms with Gasteiger partial charge in [-0.2, -0.15) is 4.31 Å². The van der Waals surface area contributed by atoms with Gasteiger partial charge in [-0.25, -0.2) is 13.4 Å². The number of benzene rings is 2. The van der Waals surface area contributed by atoms with E-state index in [0.717, 1.165) is 20.8 Å². The Labute approximate surface area is 233 Å². The van der Waals surface area contributed by atoms with Crippen LogP contribution in [0.1, 0.15) is 43.0 Å². The van der Waals surface area contributed by atoms with Crippen LogP contribution in [0.5, 0.6) is 0 Å². The first-order valence-corrected chi connectivity index (χ1v) is 15.4. The Morgan fingerprint density at radius 2 is 1.95 bits per heavy atom. The number of amidine groups is 1. The summed E-state index contributed by atoms with van der Waals surface area (Å²) in [7, 11) is -3.70. The molecular weight excluding hydrogens is 538 g/mol. The van der Waals surface area contributed by atoms with E-state index in [1.807, 2.05) is 54.6 Å². The molecule has 0 radical (unpaired) electrons. The van der Waals surface area contributed by atoms with Crippen molar-refractivity contribution in [2.45, 2.75) is 51.0 Å². The maximum atomic E-state index is 13.5. The smallest absolute Gasteiger partial charge is 0.239 e. The standard InChI is InChI=1S/C27H33N5O5S2.H2/c1-18(28)29-14-8-12-22(25(33)27-31-21-11-6-7-13-24(21)38-27)30-26(34)23-15-20(16-32(23)39(2,35)36)37-17-19-9-4-3-5-10-19;/h3-7,9-11,13,20,22-23H,8,12,14-17H2,1-2H3,(H2,28,29)(H,30,34);1H/t20-,22?,23+;/m1./s1. The molecule has 3 atom stereocenters. The van der Waals surface area contributed by atoms with Gasteiger partial charge in [0.05, 0.1) is 41.1 Å². The molecule has 4 rings (SSSR count). The molecule has 1 aromatic heterocycles. The van der Waals surface area contributed by atoms with Gasteiger partial charge in [-0.1, -0.05) is 42.5 Å². The van der Waals surface area contributed by atoms with E-state index >= 15 is 0 Å². The number of carbonyl (C=O) groups excluding carboxylic acids is 2. The summed E-state index contributed by atoms with van der Waals surface area (Å²) in [5.41, 5.74) is 7.29. The number of para-hydroxylation sites is 1. The third kappa shape index (κ3) is 7.69. The molecule has 39 heavy (non-hydrogen) atoms. The number of rotatable bonds is 12. The molecule has 0 bridgehead atoms. The predicted octanol–water partition coefficient (Wildman–Crippen LogP) is 2.99. The van der Waals surface area contributed by atoms with Crippen molar-refractivity contribution >= 4 is 49.1 Å². The molecule has 3 N–H and O–H groups in total. The minimum atomic E-state index is -3.70. The monoisotopic (exact) mass is 573 g/mol. The van der Waals surface area contributed by atoms with Crippen molar-refractivity contribution in [2.75, 3.05) is 19.3 Å². The molecule has 1 unspecified atom stereocenters. The van der Waals surface area contributed by atoms with Gasteiger partial charge in [-0.3, -0.25) is 14.6 Å². The highest BCUT2D eigenvalue weighted by Crippen LogP contribution is 2.26. The van der Waals surface area contributed by atoms with Gasteiger partial charge < -0.3 is 15.8 Å². The second-order valence-electron chi connectivity index (χ2n) is 9.58. The Morgan fingerprint density at radius 1 is 1.23 bits per heavy atom. The summed E-state index contributed by atoms with van der Waals surface area (Å²) in [4.78, 5) is 35.6. The van der Waals surface area contributed by atoms with Crippen molar-refractivity contribution in [1.29, 1.82) is 0 Å². The van der Waals surface area contributed by atoms with Crippen LogP contribution in [0, 0.1) is 0 Å². The van der Waals surface area contributed by atoms with Crippen LogP contribution < -0.4 is 11.1 Å². The largest absolute Gasteiger partial charge is 0.388 e. The zero-order valence-corrected chi connectivity index (χ0v) is 23.6. The first kappa shape index (κ1) is 28.8. The number of hydrogen-bond acceptors (Lipinski definition) is 8. The lowest BCUT2D eigenvalue weighted by Gasteiger charge is -2.24. The number of nitrogens with two attached hydrogens (primary N) is 1. The molecule has 3 aromatic rings. The number of nitrogens with one attached hydrogen (secondary N) is 1. The summed E-state index contributed by atoms with van der Waals surface area (Å²) in [5.74, 6) is -0.424. The number of ether oxygens (including phenoxy) is 1. The third-order valence-corrected chi connectivity index (χ3v) is 8.73. The van der Waals surface area contributed by atoms with Crippen molar-refractivity contribution in [3.8, 4) is 0 Å². The number of aliphatic imine (C=N–C) groups is 1. The molecular formula is C27H35N5O5S2. The molecule has 1 fully saturated rings. The number of hydrogen-bond donors (Lipinski definition) is 2. The van der Waals surface area contributed by atoms with E-state index in [1.54, 1.807) is 6.92 Å². The average molecular weight is 574 g/mol. The fourth-order valence-corrected chi connectivity index (χ4v) is 6.54. The summed E-state index contributed by atoms with van der Waals surface area (Å²) in [6, 6.07) is 15.1. The van der Waals surface area contributed by atoms with E-state index in [1.165, 1.54) is 11.3 Å². The number of aromatic nitrogens is 1. The molecule has 0 saturated carbocycles. The van der Waals surface area contributed by atoms with Crippen LogP contribution in [0.3, 0.4) is 0 Å². The maximum Gasteiger partial charge on any atom is 0.239 e. The quantitative estimate of drug-likeness (QED) is 0.147. The summed E-state index contributed by atoms with van der Waals surface area (Å²) in [5, 5.41) is 3.11. The van der Waals surface area contributed by atoms with Crippen molar-refractivity contribution < 1.29 is 24.2 Å². The zero-order chi connectivity index (χ0) is 28.0. The molecule has 0 aliphatic carbocycles. The fraction of sp³-hybridized carbons (Fsp3) is 0.407. The number of amides is 1. The molecule has 2 heterocycles. The number of fused-ring (bicyclic) bond motifs is 1. The number of sulfonamides is 1. The molecule has 1 aliphatic heterocycles. The van der Waals surface area contributed by atoms with Crippen LogP contribution in [0.25, 0.3) is 10.2 Å². The number of nitrogens with zero attached hydrogens (tertiary/aromatic N) is 3. The van der Waals surface area contributed by atoms with Gasteiger partial charge in [0, 0.05) is 20.9 Å². The second kappa shape index (κ2) is 12.8. The first-order chi connectivity index (χ1) is 18.6. The van der Waals surface area contributed by atoms with Crippen molar-refractivity contribution in [1.82, 2.24) is 14.6 Å². The Balaban J connectivity index is 0.00000441.